The van der Waals surface area contributed by atoms with E-state index in [4.69, 9.17) is 9.47 Å². The third kappa shape index (κ3) is 3.74. The van der Waals surface area contributed by atoms with Gasteiger partial charge < -0.3 is 14.4 Å². The van der Waals surface area contributed by atoms with Crippen molar-refractivity contribution in [3.05, 3.63) is 66.2 Å². The largest absolute Gasteiger partial charge is 0.457 e. The Morgan fingerprint density at radius 2 is 1.77 bits per heavy atom. The van der Waals surface area contributed by atoms with E-state index >= 15 is 0 Å². The Bertz CT molecular complexity index is 644. The van der Waals surface area contributed by atoms with E-state index in [-0.39, 0.29) is 5.91 Å². The van der Waals surface area contributed by atoms with Crippen molar-refractivity contribution >= 4 is 12.0 Å². The van der Waals surface area contributed by atoms with Crippen molar-refractivity contribution in [2.45, 2.75) is 0 Å². The van der Waals surface area contributed by atoms with Crippen LogP contribution < -0.4 is 4.74 Å². The Kier molecular flexibility index (Phi) is 4.51. The number of rotatable bonds is 4. The van der Waals surface area contributed by atoms with Crippen molar-refractivity contribution in [2.24, 2.45) is 0 Å². The van der Waals surface area contributed by atoms with Gasteiger partial charge >= 0.3 is 0 Å². The van der Waals surface area contributed by atoms with Crippen molar-refractivity contribution in [3.8, 4) is 11.5 Å². The fraction of sp³-hybridized carbons (Fsp3) is 0.167. The van der Waals surface area contributed by atoms with Crippen molar-refractivity contribution in [1.82, 2.24) is 4.90 Å². The molecule has 1 fully saturated rings. The van der Waals surface area contributed by atoms with Gasteiger partial charge in [0.1, 0.15) is 18.2 Å². The first-order valence-electron chi connectivity index (χ1n) is 7.19. The lowest BCUT2D eigenvalue weighted by atomic mass is 10.2. The van der Waals surface area contributed by atoms with Gasteiger partial charge in [0.05, 0.1) is 6.61 Å². The predicted molar refractivity (Wildman–Crippen MR) is 84.5 cm³/mol. The summed E-state index contributed by atoms with van der Waals surface area (Å²) in [4.78, 5) is 13.5. The zero-order valence-corrected chi connectivity index (χ0v) is 12.1. The summed E-state index contributed by atoms with van der Waals surface area (Å²) in [7, 11) is 0. The first-order chi connectivity index (χ1) is 10.8. The van der Waals surface area contributed by atoms with Crippen LogP contribution in [0.5, 0.6) is 11.5 Å². The lowest BCUT2D eigenvalue weighted by Gasteiger charge is -2.09. The molecular formula is C18H17NO3. The molecule has 0 atom stereocenters. The number of hydrogen-bond donors (Lipinski definition) is 0. The minimum atomic E-state index is -0.0258. The molecule has 4 nitrogen and oxygen atoms in total. The second kappa shape index (κ2) is 6.91. The number of carbonyl (C=O) groups is 1. The van der Waals surface area contributed by atoms with Crippen LogP contribution in [0.2, 0.25) is 0 Å². The van der Waals surface area contributed by atoms with E-state index in [1.807, 2.05) is 54.6 Å². The first-order valence-corrected chi connectivity index (χ1v) is 7.19. The zero-order chi connectivity index (χ0) is 15.2. The second-order valence-electron chi connectivity index (χ2n) is 4.96. The number of nitrogens with zero attached hydrogens (tertiary/aromatic N) is 1. The molecule has 1 saturated heterocycles. The summed E-state index contributed by atoms with van der Waals surface area (Å²) in [6, 6.07) is 17.2. The van der Waals surface area contributed by atoms with E-state index in [0.717, 1.165) is 17.1 Å². The number of ether oxygens (including phenoxy) is 2. The van der Waals surface area contributed by atoms with Crippen LogP contribution in [0.15, 0.2) is 60.7 Å². The van der Waals surface area contributed by atoms with Crippen LogP contribution in [0.25, 0.3) is 6.08 Å². The van der Waals surface area contributed by atoms with Crippen LogP contribution in [0.3, 0.4) is 0 Å². The van der Waals surface area contributed by atoms with Gasteiger partial charge in [-0.2, -0.15) is 0 Å². The van der Waals surface area contributed by atoms with Gasteiger partial charge in [0.15, 0.2) is 0 Å². The summed E-state index contributed by atoms with van der Waals surface area (Å²) in [5.41, 5.74) is 0.953. The molecule has 0 aliphatic carbocycles. The highest BCUT2D eigenvalue weighted by atomic mass is 16.5. The second-order valence-corrected chi connectivity index (χ2v) is 4.96. The molecule has 0 saturated carbocycles. The van der Waals surface area contributed by atoms with Crippen molar-refractivity contribution in [1.29, 1.82) is 0 Å². The van der Waals surface area contributed by atoms with Gasteiger partial charge in [-0.1, -0.05) is 30.3 Å². The summed E-state index contributed by atoms with van der Waals surface area (Å²) in [6.45, 7) is 1.66. The first kappa shape index (κ1) is 14.4. The topological polar surface area (TPSA) is 38.8 Å². The van der Waals surface area contributed by atoms with Gasteiger partial charge in [-0.15, -0.1) is 0 Å². The Morgan fingerprint density at radius 3 is 2.45 bits per heavy atom. The molecule has 3 rings (SSSR count). The van der Waals surface area contributed by atoms with E-state index < -0.39 is 0 Å². The van der Waals surface area contributed by atoms with Crippen molar-refractivity contribution < 1.29 is 14.3 Å². The quantitative estimate of drug-likeness (QED) is 0.812. The Hall–Kier alpha value is -2.59. The SMILES string of the molecule is O=C(C=Cc1ccc(Oc2ccccc2)cc1)N1CCOC1. The molecular weight excluding hydrogens is 278 g/mol. The maximum atomic E-state index is 11.9. The molecule has 1 aliphatic rings. The lowest BCUT2D eigenvalue weighted by molar-refractivity contribution is -0.126. The third-order valence-corrected chi connectivity index (χ3v) is 3.34. The number of para-hydroxylation sites is 1. The molecule has 112 valence electrons. The maximum Gasteiger partial charge on any atom is 0.248 e. The van der Waals surface area contributed by atoms with E-state index in [2.05, 4.69) is 0 Å². The summed E-state index contributed by atoms with van der Waals surface area (Å²) in [6.07, 6.45) is 3.37. The number of amides is 1. The van der Waals surface area contributed by atoms with E-state index in [0.29, 0.717) is 19.9 Å². The van der Waals surface area contributed by atoms with Gasteiger partial charge in [-0.25, -0.2) is 0 Å². The van der Waals surface area contributed by atoms with Gasteiger partial charge in [0.25, 0.3) is 0 Å². The van der Waals surface area contributed by atoms with Crippen LogP contribution in [0.4, 0.5) is 0 Å². The normalized spacial score (nSPS) is 14.5. The summed E-state index contributed by atoms with van der Waals surface area (Å²) >= 11 is 0. The standard InChI is InChI=1S/C18H17NO3/c20-18(19-12-13-21-14-19)11-8-15-6-9-17(10-7-15)22-16-4-2-1-3-5-16/h1-11H,12-14H2. The summed E-state index contributed by atoms with van der Waals surface area (Å²) < 4.78 is 10.9. The molecule has 0 aromatic heterocycles. The third-order valence-electron chi connectivity index (χ3n) is 3.34. The number of hydrogen-bond acceptors (Lipinski definition) is 3. The van der Waals surface area contributed by atoms with Crippen LogP contribution in [0, 0.1) is 0 Å². The zero-order valence-electron chi connectivity index (χ0n) is 12.1. The molecule has 0 unspecified atom stereocenters. The van der Waals surface area contributed by atoms with Gasteiger partial charge in [-0.3, -0.25) is 4.79 Å². The summed E-state index contributed by atoms with van der Waals surface area (Å²) in [5.74, 6) is 1.54. The highest BCUT2D eigenvalue weighted by Crippen LogP contribution is 2.21. The highest BCUT2D eigenvalue weighted by molar-refractivity contribution is 5.91. The van der Waals surface area contributed by atoms with Crippen LogP contribution in [-0.4, -0.2) is 30.7 Å². The number of benzene rings is 2. The van der Waals surface area contributed by atoms with Crippen molar-refractivity contribution in [2.75, 3.05) is 19.9 Å². The maximum absolute atomic E-state index is 11.9. The molecule has 0 bridgehead atoms. The molecule has 2 aromatic rings. The molecule has 1 amide bonds. The van der Waals surface area contributed by atoms with Crippen molar-refractivity contribution in [3.63, 3.8) is 0 Å². The predicted octanol–water partition coefficient (Wildman–Crippen LogP) is 3.31. The van der Waals surface area contributed by atoms with Crippen LogP contribution in [0.1, 0.15) is 5.56 Å². The molecule has 0 spiro atoms. The van der Waals surface area contributed by atoms with E-state index in [9.17, 15) is 4.79 Å². The van der Waals surface area contributed by atoms with Gasteiger partial charge in [0.2, 0.25) is 5.91 Å². The monoisotopic (exact) mass is 295 g/mol. The fourth-order valence-corrected chi connectivity index (χ4v) is 2.13. The number of carbonyl (C=O) groups excluding carboxylic acids is 1. The van der Waals surface area contributed by atoms with Crippen LogP contribution in [-0.2, 0) is 9.53 Å². The smallest absolute Gasteiger partial charge is 0.248 e. The van der Waals surface area contributed by atoms with Gasteiger partial charge in [-0.05, 0) is 35.9 Å². The van der Waals surface area contributed by atoms with E-state index in [1.54, 1.807) is 17.1 Å². The molecule has 1 heterocycles. The average molecular weight is 295 g/mol. The molecule has 4 heteroatoms. The lowest BCUT2D eigenvalue weighted by Crippen LogP contribution is -2.26. The molecule has 2 aromatic carbocycles. The van der Waals surface area contributed by atoms with E-state index in [1.165, 1.54) is 0 Å². The van der Waals surface area contributed by atoms with Crippen LogP contribution >= 0.6 is 0 Å². The minimum absolute atomic E-state index is 0.0258. The average Bonchev–Trinajstić information content (AvgIpc) is 3.09. The minimum Gasteiger partial charge on any atom is -0.457 e. The highest BCUT2D eigenvalue weighted by Gasteiger charge is 2.15. The summed E-state index contributed by atoms with van der Waals surface area (Å²) in [5, 5.41) is 0. The Balaban J connectivity index is 1.60. The molecule has 0 radical (unpaired) electrons. The fourth-order valence-electron chi connectivity index (χ4n) is 2.13. The Morgan fingerprint density at radius 1 is 1.05 bits per heavy atom. The molecule has 0 N–H and O–H groups in total. The molecule has 1 aliphatic heterocycles. The van der Waals surface area contributed by atoms with Gasteiger partial charge in [0, 0.05) is 12.6 Å². The molecule has 22 heavy (non-hydrogen) atoms. The Labute approximate surface area is 129 Å².